The fourth-order valence-corrected chi connectivity index (χ4v) is 4.56. The van der Waals surface area contributed by atoms with Gasteiger partial charge in [-0.15, -0.1) is 0 Å². The summed E-state index contributed by atoms with van der Waals surface area (Å²) in [6, 6.07) is 17.3. The van der Waals surface area contributed by atoms with Crippen molar-refractivity contribution in [2.24, 2.45) is 5.92 Å². The minimum atomic E-state index is -3.59. The molecule has 1 N–H and O–H groups in total. The number of rotatable bonds is 6. The van der Waals surface area contributed by atoms with Gasteiger partial charge in [0, 0.05) is 0 Å². The fraction of sp³-hybridized carbons (Fsp3) is 0.333. The summed E-state index contributed by atoms with van der Waals surface area (Å²) in [4.78, 5) is 0.260. The van der Waals surface area contributed by atoms with Crippen molar-refractivity contribution in [3.8, 4) is 0 Å². The highest BCUT2D eigenvalue weighted by molar-refractivity contribution is 7.92. The van der Waals surface area contributed by atoms with E-state index < -0.39 is 21.2 Å². The third kappa shape index (κ3) is 3.76. The molecular formula is C18H22O3S. The maximum atomic E-state index is 12.9. The van der Waals surface area contributed by atoms with Crippen LogP contribution in [0.3, 0.4) is 0 Å². The molecule has 2 aromatic rings. The number of hydrogen-bond donors (Lipinski definition) is 1. The lowest BCUT2D eigenvalue weighted by Gasteiger charge is -2.25. The fourth-order valence-electron chi connectivity index (χ4n) is 2.54. The van der Waals surface area contributed by atoms with Gasteiger partial charge < -0.3 is 5.11 Å². The van der Waals surface area contributed by atoms with Gasteiger partial charge in [0.15, 0.2) is 9.84 Å². The van der Waals surface area contributed by atoms with Gasteiger partial charge in [0.05, 0.1) is 16.2 Å². The van der Waals surface area contributed by atoms with Crippen LogP contribution >= 0.6 is 0 Å². The first kappa shape index (κ1) is 16.7. The van der Waals surface area contributed by atoms with Gasteiger partial charge in [0.2, 0.25) is 0 Å². The molecule has 0 radical (unpaired) electrons. The summed E-state index contributed by atoms with van der Waals surface area (Å²) >= 11 is 0. The second kappa shape index (κ2) is 7.07. The van der Waals surface area contributed by atoms with Gasteiger partial charge >= 0.3 is 0 Å². The summed E-state index contributed by atoms with van der Waals surface area (Å²) in [6.45, 7) is 3.93. The molecule has 2 rings (SSSR count). The number of sulfone groups is 1. The molecule has 3 nitrogen and oxygen atoms in total. The van der Waals surface area contributed by atoms with Crippen LogP contribution < -0.4 is 0 Å². The first-order chi connectivity index (χ1) is 10.4. The van der Waals surface area contributed by atoms with Crippen molar-refractivity contribution in [3.05, 3.63) is 66.2 Å². The SMILES string of the molecule is CC(C)C[C@H]([C@H](O)c1ccccc1)S(=O)(=O)c1ccccc1. The van der Waals surface area contributed by atoms with E-state index in [-0.39, 0.29) is 10.8 Å². The third-order valence-corrected chi connectivity index (χ3v) is 5.84. The van der Waals surface area contributed by atoms with Crippen molar-refractivity contribution in [2.75, 3.05) is 0 Å². The summed E-state index contributed by atoms with van der Waals surface area (Å²) in [6.07, 6.45) is -0.624. The molecule has 0 bridgehead atoms. The lowest BCUT2D eigenvalue weighted by Crippen LogP contribution is -2.30. The highest BCUT2D eigenvalue weighted by atomic mass is 32.2. The predicted octanol–water partition coefficient (Wildman–Crippen LogP) is 3.61. The highest BCUT2D eigenvalue weighted by Crippen LogP contribution is 2.31. The van der Waals surface area contributed by atoms with Crippen molar-refractivity contribution in [2.45, 2.75) is 36.5 Å². The average Bonchev–Trinajstić information content (AvgIpc) is 2.53. The summed E-state index contributed by atoms with van der Waals surface area (Å²) in [5.41, 5.74) is 0.632. The van der Waals surface area contributed by atoms with Gasteiger partial charge in [-0.25, -0.2) is 8.42 Å². The molecule has 0 unspecified atom stereocenters. The Morgan fingerprint density at radius 3 is 1.91 bits per heavy atom. The van der Waals surface area contributed by atoms with E-state index in [0.717, 1.165) is 0 Å². The van der Waals surface area contributed by atoms with Crippen LogP contribution in [0.4, 0.5) is 0 Å². The summed E-state index contributed by atoms with van der Waals surface area (Å²) in [5, 5.41) is 9.80. The summed E-state index contributed by atoms with van der Waals surface area (Å²) < 4.78 is 25.8. The van der Waals surface area contributed by atoms with Crippen molar-refractivity contribution < 1.29 is 13.5 Å². The van der Waals surface area contributed by atoms with Gasteiger partial charge in [-0.3, -0.25) is 0 Å². The van der Waals surface area contributed by atoms with E-state index in [4.69, 9.17) is 0 Å². The monoisotopic (exact) mass is 318 g/mol. The number of aliphatic hydroxyl groups is 1. The molecule has 2 atom stereocenters. The maximum absolute atomic E-state index is 12.9. The van der Waals surface area contributed by atoms with E-state index in [0.29, 0.717) is 12.0 Å². The Morgan fingerprint density at radius 1 is 0.909 bits per heavy atom. The van der Waals surface area contributed by atoms with Crippen molar-refractivity contribution in [1.29, 1.82) is 0 Å². The van der Waals surface area contributed by atoms with Crippen molar-refractivity contribution >= 4 is 9.84 Å². The Kier molecular flexibility index (Phi) is 5.37. The Hall–Kier alpha value is -1.65. The number of aliphatic hydroxyl groups excluding tert-OH is 1. The van der Waals surface area contributed by atoms with E-state index in [1.54, 1.807) is 54.6 Å². The number of hydrogen-bond acceptors (Lipinski definition) is 3. The lowest BCUT2D eigenvalue weighted by molar-refractivity contribution is 0.162. The van der Waals surface area contributed by atoms with Crippen LogP contribution in [-0.4, -0.2) is 18.8 Å². The van der Waals surface area contributed by atoms with E-state index in [2.05, 4.69) is 0 Å². The molecule has 0 aliphatic heterocycles. The van der Waals surface area contributed by atoms with Crippen LogP contribution in [0.25, 0.3) is 0 Å². The molecule has 22 heavy (non-hydrogen) atoms. The standard InChI is InChI=1S/C18H22O3S/c1-14(2)13-17(18(19)15-9-5-3-6-10-15)22(20,21)16-11-7-4-8-12-16/h3-12,14,17-19H,13H2,1-2H3/t17-,18-/m1/s1. The second-order valence-electron chi connectivity index (χ2n) is 5.88. The van der Waals surface area contributed by atoms with E-state index in [1.165, 1.54) is 0 Å². The molecule has 2 aromatic carbocycles. The van der Waals surface area contributed by atoms with Gasteiger partial charge in [0.25, 0.3) is 0 Å². The summed E-state index contributed by atoms with van der Waals surface area (Å²) in [7, 11) is -3.59. The molecule has 0 saturated carbocycles. The molecule has 0 aromatic heterocycles. The first-order valence-corrected chi connectivity index (χ1v) is 8.99. The normalized spacial score (nSPS) is 14.7. The van der Waals surface area contributed by atoms with Crippen LogP contribution in [0.2, 0.25) is 0 Å². The third-order valence-electron chi connectivity index (χ3n) is 3.67. The number of benzene rings is 2. The average molecular weight is 318 g/mol. The zero-order chi connectivity index (χ0) is 16.2. The Labute approximate surface area is 132 Å². The second-order valence-corrected chi connectivity index (χ2v) is 8.05. The van der Waals surface area contributed by atoms with Crippen LogP contribution in [-0.2, 0) is 9.84 Å². The minimum absolute atomic E-state index is 0.168. The highest BCUT2D eigenvalue weighted by Gasteiger charge is 2.34. The topological polar surface area (TPSA) is 54.4 Å². The van der Waals surface area contributed by atoms with Crippen molar-refractivity contribution in [3.63, 3.8) is 0 Å². The zero-order valence-corrected chi connectivity index (χ0v) is 13.7. The molecule has 0 aliphatic rings. The van der Waals surface area contributed by atoms with Crippen LogP contribution in [0, 0.1) is 5.92 Å². The molecule has 0 amide bonds. The quantitative estimate of drug-likeness (QED) is 0.885. The summed E-state index contributed by atoms with van der Waals surface area (Å²) in [5.74, 6) is 0.168. The first-order valence-electron chi connectivity index (χ1n) is 7.45. The molecule has 0 aliphatic carbocycles. The predicted molar refractivity (Wildman–Crippen MR) is 88.3 cm³/mol. The van der Waals surface area contributed by atoms with E-state index in [1.807, 2.05) is 19.9 Å². The Balaban J connectivity index is 2.42. The lowest BCUT2D eigenvalue weighted by atomic mass is 9.99. The molecule has 0 fully saturated rings. The minimum Gasteiger partial charge on any atom is -0.387 e. The largest absolute Gasteiger partial charge is 0.387 e. The van der Waals surface area contributed by atoms with Crippen molar-refractivity contribution in [1.82, 2.24) is 0 Å². The molecule has 0 spiro atoms. The Morgan fingerprint density at radius 2 is 1.41 bits per heavy atom. The van der Waals surface area contributed by atoms with Crippen LogP contribution in [0.1, 0.15) is 31.9 Å². The Bertz CT molecular complexity index is 679. The maximum Gasteiger partial charge on any atom is 0.184 e. The van der Waals surface area contributed by atoms with Crippen LogP contribution in [0.15, 0.2) is 65.6 Å². The molecule has 4 heteroatoms. The molecule has 118 valence electrons. The van der Waals surface area contributed by atoms with Gasteiger partial charge in [-0.05, 0) is 30.0 Å². The van der Waals surface area contributed by atoms with Gasteiger partial charge in [-0.1, -0.05) is 62.4 Å². The van der Waals surface area contributed by atoms with Gasteiger partial charge in [0.1, 0.15) is 0 Å². The van der Waals surface area contributed by atoms with E-state index >= 15 is 0 Å². The molecular weight excluding hydrogens is 296 g/mol. The molecule has 0 heterocycles. The van der Waals surface area contributed by atoms with Gasteiger partial charge in [-0.2, -0.15) is 0 Å². The van der Waals surface area contributed by atoms with E-state index in [9.17, 15) is 13.5 Å². The smallest absolute Gasteiger partial charge is 0.184 e. The zero-order valence-electron chi connectivity index (χ0n) is 12.9. The van der Waals surface area contributed by atoms with Crippen LogP contribution in [0.5, 0.6) is 0 Å². The molecule has 0 saturated heterocycles.